The molecule has 2 aliphatic rings. The van der Waals surface area contributed by atoms with Crippen molar-refractivity contribution in [3.8, 4) is 0 Å². The fraction of sp³-hybridized carbons (Fsp3) is 0.650. The van der Waals surface area contributed by atoms with Gasteiger partial charge in [-0.15, -0.1) is 0 Å². The number of nitrogens with zero attached hydrogens (tertiary/aromatic N) is 2. The smallest absolute Gasteiger partial charge is 0.251 e. The number of aryl methyl sites for hydroxylation is 1. The van der Waals surface area contributed by atoms with E-state index in [1.54, 1.807) is 12.1 Å². The van der Waals surface area contributed by atoms with Gasteiger partial charge >= 0.3 is 0 Å². The molecule has 1 aromatic rings. The van der Waals surface area contributed by atoms with Crippen LogP contribution in [0.3, 0.4) is 0 Å². The summed E-state index contributed by atoms with van der Waals surface area (Å²) in [6.07, 6.45) is 5.20. The zero-order valence-corrected chi connectivity index (χ0v) is 18.4. The largest absolute Gasteiger partial charge is 0.351 e. The third-order valence-electron chi connectivity index (χ3n) is 5.60. The van der Waals surface area contributed by atoms with Gasteiger partial charge in [0, 0.05) is 49.3 Å². The molecule has 0 spiro atoms. The average Bonchev–Trinajstić information content (AvgIpc) is 3.19. The number of thioether (sulfide) groups is 1. The lowest BCUT2D eigenvalue weighted by molar-refractivity contribution is 0.0955. The van der Waals surface area contributed by atoms with Crippen molar-refractivity contribution in [3.63, 3.8) is 0 Å². The molecular formula is C20H31N3O3S2. The minimum Gasteiger partial charge on any atom is -0.351 e. The van der Waals surface area contributed by atoms with Gasteiger partial charge in [0.2, 0.25) is 10.0 Å². The quantitative estimate of drug-likeness (QED) is 0.679. The molecule has 156 valence electrons. The van der Waals surface area contributed by atoms with Gasteiger partial charge in [0.15, 0.2) is 0 Å². The maximum absolute atomic E-state index is 13.0. The van der Waals surface area contributed by atoms with Crippen molar-refractivity contribution in [1.82, 2.24) is 14.5 Å². The van der Waals surface area contributed by atoms with Crippen molar-refractivity contribution < 1.29 is 13.2 Å². The molecule has 1 aromatic carbocycles. The minimum absolute atomic E-state index is 0.194. The van der Waals surface area contributed by atoms with Crippen LogP contribution in [0, 0.1) is 6.92 Å². The SMILES string of the molecule is Cc1ccc(S(=O)(=O)N2CCN(C)CC2)cc1C(=O)NCCSC1CCCC1. The van der Waals surface area contributed by atoms with Crippen molar-refractivity contribution in [3.05, 3.63) is 29.3 Å². The molecule has 6 nitrogen and oxygen atoms in total. The van der Waals surface area contributed by atoms with Gasteiger partial charge in [-0.2, -0.15) is 16.1 Å². The van der Waals surface area contributed by atoms with Crippen LogP contribution in [0.25, 0.3) is 0 Å². The molecule has 0 radical (unpaired) electrons. The van der Waals surface area contributed by atoms with Crippen LogP contribution in [0.2, 0.25) is 0 Å². The summed E-state index contributed by atoms with van der Waals surface area (Å²) in [5.74, 6) is 0.703. The number of hydrogen-bond donors (Lipinski definition) is 1. The molecule has 0 atom stereocenters. The van der Waals surface area contributed by atoms with E-state index in [0.29, 0.717) is 25.2 Å². The molecule has 3 rings (SSSR count). The molecule has 1 heterocycles. The average molecular weight is 426 g/mol. The Morgan fingerprint density at radius 1 is 1.18 bits per heavy atom. The van der Waals surface area contributed by atoms with E-state index < -0.39 is 10.0 Å². The maximum Gasteiger partial charge on any atom is 0.251 e. The summed E-state index contributed by atoms with van der Waals surface area (Å²) in [6.45, 7) is 4.84. The van der Waals surface area contributed by atoms with Gasteiger partial charge < -0.3 is 10.2 Å². The van der Waals surface area contributed by atoms with Crippen LogP contribution in [0.5, 0.6) is 0 Å². The number of carbonyl (C=O) groups is 1. The molecule has 28 heavy (non-hydrogen) atoms. The molecule has 2 fully saturated rings. The van der Waals surface area contributed by atoms with E-state index in [0.717, 1.165) is 29.7 Å². The first-order valence-corrected chi connectivity index (χ1v) is 12.6. The second-order valence-corrected chi connectivity index (χ2v) is 11.1. The summed E-state index contributed by atoms with van der Waals surface area (Å²) in [7, 11) is -1.58. The van der Waals surface area contributed by atoms with Gasteiger partial charge in [0.25, 0.3) is 5.91 Å². The monoisotopic (exact) mass is 425 g/mol. The molecule has 1 aliphatic carbocycles. The molecule has 1 aliphatic heterocycles. The van der Waals surface area contributed by atoms with Crippen LogP contribution in [-0.2, 0) is 10.0 Å². The van der Waals surface area contributed by atoms with E-state index in [9.17, 15) is 13.2 Å². The number of likely N-dealkylation sites (N-methyl/N-ethyl adjacent to an activating group) is 1. The van der Waals surface area contributed by atoms with E-state index in [1.807, 2.05) is 25.7 Å². The summed E-state index contributed by atoms with van der Waals surface area (Å²) in [5.41, 5.74) is 1.24. The third-order valence-corrected chi connectivity index (χ3v) is 8.87. The molecule has 1 amide bonds. The van der Waals surface area contributed by atoms with Crippen molar-refractivity contribution in [2.45, 2.75) is 42.8 Å². The summed E-state index contributed by atoms with van der Waals surface area (Å²) in [4.78, 5) is 14.9. The first-order chi connectivity index (χ1) is 13.4. The molecule has 8 heteroatoms. The third kappa shape index (κ3) is 5.28. The Hall–Kier alpha value is -1.09. The van der Waals surface area contributed by atoms with E-state index in [-0.39, 0.29) is 10.8 Å². The molecule has 0 unspecified atom stereocenters. The Balaban J connectivity index is 1.62. The number of amides is 1. The number of rotatable bonds is 7. The molecule has 1 saturated carbocycles. The summed E-state index contributed by atoms with van der Waals surface area (Å²) >= 11 is 1.93. The van der Waals surface area contributed by atoms with Gasteiger partial charge in [-0.05, 0) is 44.5 Å². The summed E-state index contributed by atoms with van der Waals surface area (Å²) < 4.78 is 27.4. The number of sulfonamides is 1. The second-order valence-electron chi connectivity index (χ2n) is 7.72. The van der Waals surface area contributed by atoms with Crippen molar-refractivity contribution in [2.24, 2.45) is 0 Å². The lowest BCUT2D eigenvalue weighted by atomic mass is 10.1. The first-order valence-electron chi connectivity index (χ1n) is 10.1. The fourth-order valence-electron chi connectivity index (χ4n) is 3.72. The topological polar surface area (TPSA) is 69.7 Å². The minimum atomic E-state index is -3.57. The van der Waals surface area contributed by atoms with E-state index in [1.165, 1.54) is 36.1 Å². The zero-order valence-electron chi connectivity index (χ0n) is 16.8. The summed E-state index contributed by atoms with van der Waals surface area (Å²) in [5, 5.41) is 3.69. The zero-order chi connectivity index (χ0) is 20.1. The molecule has 0 aromatic heterocycles. The number of nitrogens with one attached hydrogen (secondary N) is 1. The Bertz CT molecular complexity index is 784. The van der Waals surface area contributed by atoms with Crippen LogP contribution < -0.4 is 5.32 Å². The highest BCUT2D eigenvalue weighted by Crippen LogP contribution is 2.29. The van der Waals surface area contributed by atoms with Crippen LogP contribution >= 0.6 is 11.8 Å². The number of carbonyl (C=O) groups excluding carboxylic acids is 1. The maximum atomic E-state index is 13.0. The number of benzene rings is 1. The fourth-order valence-corrected chi connectivity index (χ4v) is 6.39. The molecule has 1 saturated heterocycles. The predicted octanol–water partition coefficient (Wildman–Crippen LogP) is 2.34. The van der Waals surface area contributed by atoms with Crippen LogP contribution in [0.15, 0.2) is 23.1 Å². The Labute approximate surface area is 173 Å². The normalized spacial score (nSPS) is 19.8. The predicted molar refractivity (Wildman–Crippen MR) is 114 cm³/mol. The lowest BCUT2D eigenvalue weighted by Crippen LogP contribution is -2.47. The van der Waals surface area contributed by atoms with Crippen LogP contribution in [-0.4, -0.2) is 74.3 Å². The number of piperazine rings is 1. The molecule has 0 bridgehead atoms. The molecule has 1 N–H and O–H groups in total. The molecular weight excluding hydrogens is 394 g/mol. The van der Waals surface area contributed by atoms with E-state index in [4.69, 9.17) is 0 Å². The Morgan fingerprint density at radius 2 is 1.86 bits per heavy atom. The van der Waals surface area contributed by atoms with Crippen molar-refractivity contribution >= 4 is 27.7 Å². The Morgan fingerprint density at radius 3 is 2.54 bits per heavy atom. The summed E-state index contributed by atoms with van der Waals surface area (Å²) in [6, 6.07) is 4.86. The Kier molecular flexibility index (Phi) is 7.42. The highest BCUT2D eigenvalue weighted by atomic mass is 32.2. The van der Waals surface area contributed by atoms with Crippen molar-refractivity contribution in [1.29, 1.82) is 0 Å². The highest BCUT2D eigenvalue weighted by Gasteiger charge is 2.28. The van der Waals surface area contributed by atoms with Crippen molar-refractivity contribution in [2.75, 3.05) is 45.5 Å². The van der Waals surface area contributed by atoms with Gasteiger partial charge in [-0.3, -0.25) is 4.79 Å². The van der Waals surface area contributed by atoms with Gasteiger partial charge in [0.05, 0.1) is 4.90 Å². The van der Waals surface area contributed by atoms with Gasteiger partial charge in [-0.25, -0.2) is 8.42 Å². The number of hydrogen-bond acceptors (Lipinski definition) is 5. The first kappa shape index (κ1) is 21.6. The van der Waals surface area contributed by atoms with E-state index in [2.05, 4.69) is 10.2 Å². The van der Waals surface area contributed by atoms with Gasteiger partial charge in [0.1, 0.15) is 0 Å². The standard InChI is InChI=1S/C20H31N3O3S2/c1-16-7-8-18(28(25,26)23-12-10-22(2)11-13-23)15-19(16)20(24)21-9-14-27-17-5-3-4-6-17/h7-8,15,17H,3-6,9-14H2,1-2H3,(H,21,24). The second kappa shape index (κ2) is 9.61. The van der Waals surface area contributed by atoms with Gasteiger partial charge in [-0.1, -0.05) is 18.9 Å². The highest BCUT2D eigenvalue weighted by molar-refractivity contribution is 7.99. The van der Waals surface area contributed by atoms with Crippen LogP contribution in [0.4, 0.5) is 0 Å². The van der Waals surface area contributed by atoms with E-state index >= 15 is 0 Å². The van der Waals surface area contributed by atoms with Crippen LogP contribution in [0.1, 0.15) is 41.6 Å². The lowest BCUT2D eigenvalue weighted by Gasteiger charge is -2.31.